The van der Waals surface area contributed by atoms with E-state index in [2.05, 4.69) is 5.32 Å². The summed E-state index contributed by atoms with van der Waals surface area (Å²) in [6, 6.07) is 5.96. The highest BCUT2D eigenvalue weighted by molar-refractivity contribution is 7.89. The first-order valence-corrected chi connectivity index (χ1v) is 9.33. The van der Waals surface area contributed by atoms with E-state index < -0.39 is 10.0 Å². The number of hydrogen-bond acceptors (Lipinski definition) is 3. The molecule has 1 saturated heterocycles. The molecule has 0 radical (unpaired) electrons. The van der Waals surface area contributed by atoms with Crippen LogP contribution < -0.4 is 5.32 Å². The summed E-state index contributed by atoms with van der Waals surface area (Å²) in [5.41, 5.74) is 2.54. The number of benzene rings is 1. The molecule has 1 fully saturated rings. The normalized spacial score (nSPS) is 22.5. The zero-order valence-electron chi connectivity index (χ0n) is 12.6. The van der Waals surface area contributed by atoms with Crippen LogP contribution in [-0.2, 0) is 22.9 Å². The molecular formula is C16H24N2O2S. The van der Waals surface area contributed by atoms with Crippen LogP contribution in [0.25, 0.3) is 0 Å². The second kappa shape index (κ2) is 6.07. The van der Waals surface area contributed by atoms with E-state index >= 15 is 0 Å². The first kappa shape index (κ1) is 15.0. The van der Waals surface area contributed by atoms with Gasteiger partial charge in [0.15, 0.2) is 0 Å². The Morgan fingerprint density at radius 3 is 2.67 bits per heavy atom. The summed E-state index contributed by atoms with van der Waals surface area (Å²) in [4.78, 5) is 0.448. The van der Waals surface area contributed by atoms with Gasteiger partial charge in [-0.15, -0.1) is 0 Å². The number of hydrogen-bond donors (Lipinski definition) is 1. The van der Waals surface area contributed by atoms with E-state index in [4.69, 9.17) is 0 Å². The van der Waals surface area contributed by atoms with Gasteiger partial charge in [0, 0.05) is 19.6 Å². The van der Waals surface area contributed by atoms with E-state index in [-0.39, 0.29) is 0 Å². The molecule has 0 saturated carbocycles. The molecule has 116 valence electrons. The van der Waals surface area contributed by atoms with E-state index in [0.717, 1.165) is 32.2 Å². The van der Waals surface area contributed by atoms with E-state index in [1.165, 1.54) is 28.3 Å². The Bertz CT molecular complexity index is 607. The predicted molar refractivity (Wildman–Crippen MR) is 83.9 cm³/mol. The molecule has 1 unspecified atom stereocenters. The van der Waals surface area contributed by atoms with E-state index in [1.54, 1.807) is 13.1 Å². The Labute approximate surface area is 127 Å². The zero-order valence-corrected chi connectivity index (χ0v) is 13.5. The monoisotopic (exact) mass is 308 g/mol. The molecule has 5 heteroatoms. The maximum Gasteiger partial charge on any atom is 0.242 e. The van der Waals surface area contributed by atoms with Crippen LogP contribution in [0, 0.1) is 0 Å². The van der Waals surface area contributed by atoms with Crippen molar-refractivity contribution in [2.75, 3.05) is 20.1 Å². The summed E-state index contributed by atoms with van der Waals surface area (Å²) < 4.78 is 26.9. The maximum atomic E-state index is 12.7. The van der Waals surface area contributed by atoms with Crippen LogP contribution in [0.3, 0.4) is 0 Å². The van der Waals surface area contributed by atoms with Crippen LogP contribution in [-0.4, -0.2) is 38.9 Å². The lowest BCUT2D eigenvalue weighted by atomic mass is 9.92. The van der Waals surface area contributed by atoms with Crippen LogP contribution in [0.15, 0.2) is 23.1 Å². The zero-order chi connectivity index (χ0) is 14.9. The fourth-order valence-corrected chi connectivity index (χ4v) is 4.64. The second-order valence-electron chi connectivity index (χ2n) is 6.22. The lowest BCUT2D eigenvalue weighted by Gasteiger charge is -2.22. The molecule has 3 rings (SSSR count). The van der Waals surface area contributed by atoms with Gasteiger partial charge in [0.1, 0.15) is 0 Å². The van der Waals surface area contributed by atoms with Gasteiger partial charge < -0.3 is 5.32 Å². The largest absolute Gasteiger partial charge is 0.313 e. The van der Waals surface area contributed by atoms with Gasteiger partial charge in [0.2, 0.25) is 10.0 Å². The third-order valence-corrected chi connectivity index (χ3v) is 6.49. The molecule has 0 aromatic heterocycles. The molecule has 0 amide bonds. The Hall–Kier alpha value is -0.910. The lowest BCUT2D eigenvalue weighted by Crippen LogP contribution is -2.38. The predicted octanol–water partition coefficient (Wildman–Crippen LogP) is 1.94. The highest BCUT2D eigenvalue weighted by Crippen LogP contribution is 2.25. The van der Waals surface area contributed by atoms with E-state index in [9.17, 15) is 8.42 Å². The molecule has 1 aliphatic carbocycles. The minimum Gasteiger partial charge on any atom is -0.313 e. The van der Waals surface area contributed by atoms with Crippen molar-refractivity contribution < 1.29 is 8.42 Å². The number of nitrogens with one attached hydrogen (secondary N) is 1. The maximum absolute atomic E-state index is 12.7. The second-order valence-corrected chi connectivity index (χ2v) is 8.26. The van der Waals surface area contributed by atoms with Gasteiger partial charge in [-0.3, -0.25) is 0 Å². The molecule has 1 aliphatic heterocycles. The molecule has 1 atom stereocenters. The van der Waals surface area contributed by atoms with Gasteiger partial charge in [-0.1, -0.05) is 6.07 Å². The first-order chi connectivity index (χ1) is 10.1. The van der Waals surface area contributed by atoms with Crippen molar-refractivity contribution in [3.05, 3.63) is 29.3 Å². The molecule has 1 N–H and O–H groups in total. The van der Waals surface area contributed by atoms with Gasteiger partial charge in [0.05, 0.1) is 4.90 Å². The SMILES string of the molecule is CN(CC1CCCN1)S(=O)(=O)c1ccc2c(c1)CCCC2. The summed E-state index contributed by atoms with van der Waals surface area (Å²) >= 11 is 0. The quantitative estimate of drug-likeness (QED) is 0.925. The highest BCUT2D eigenvalue weighted by Gasteiger charge is 2.26. The third-order valence-electron chi connectivity index (χ3n) is 4.67. The van der Waals surface area contributed by atoms with Crippen molar-refractivity contribution in [3.63, 3.8) is 0 Å². The van der Waals surface area contributed by atoms with Crippen LogP contribution in [0.4, 0.5) is 0 Å². The minimum absolute atomic E-state index is 0.294. The van der Waals surface area contributed by atoms with Gasteiger partial charge in [-0.25, -0.2) is 8.42 Å². The number of likely N-dealkylation sites (N-methyl/N-ethyl adjacent to an activating group) is 1. The average Bonchev–Trinajstić information content (AvgIpc) is 2.99. The Morgan fingerprint density at radius 2 is 1.95 bits per heavy atom. The lowest BCUT2D eigenvalue weighted by molar-refractivity contribution is 0.417. The molecule has 1 aromatic carbocycles. The molecule has 21 heavy (non-hydrogen) atoms. The third kappa shape index (κ3) is 3.15. The Kier molecular flexibility index (Phi) is 4.33. The van der Waals surface area contributed by atoms with Crippen LogP contribution in [0.2, 0.25) is 0 Å². The van der Waals surface area contributed by atoms with Crippen molar-refractivity contribution in [1.29, 1.82) is 0 Å². The number of fused-ring (bicyclic) bond motifs is 1. The molecule has 0 bridgehead atoms. The number of aryl methyl sites for hydroxylation is 2. The molecule has 1 aromatic rings. The van der Waals surface area contributed by atoms with E-state index in [1.807, 2.05) is 12.1 Å². The molecular weight excluding hydrogens is 284 g/mol. The highest BCUT2D eigenvalue weighted by atomic mass is 32.2. The number of sulfonamides is 1. The van der Waals surface area contributed by atoms with Crippen molar-refractivity contribution in [2.45, 2.75) is 49.5 Å². The van der Waals surface area contributed by atoms with Crippen LogP contribution in [0.1, 0.15) is 36.8 Å². The Morgan fingerprint density at radius 1 is 1.19 bits per heavy atom. The van der Waals surface area contributed by atoms with Crippen LogP contribution in [0.5, 0.6) is 0 Å². The van der Waals surface area contributed by atoms with Crippen molar-refractivity contribution in [1.82, 2.24) is 9.62 Å². The van der Waals surface area contributed by atoms with Crippen molar-refractivity contribution in [2.24, 2.45) is 0 Å². The number of nitrogens with zero attached hydrogens (tertiary/aromatic N) is 1. The van der Waals surface area contributed by atoms with Gasteiger partial charge in [-0.2, -0.15) is 4.31 Å². The van der Waals surface area contributed by atoms with Gasteiger partial charge in [-0.05, 0) is 68.3 Å². The van der Waals surface area contributed by atoms with Crippen molar-refractivity contribution >= 4 is 10.0 Å². The summed E-state index contributed by atoms with van der Waals surface area (Å²) in [5, 5.41) is 3.35. The van der Waals surface area contributed by atoms with Gasteiger partial charge >= 0.3 is 0 Å². The summed E-state index contributed by atoms with van der Waals surface area (Å²) in [7, 11) is -1.68. The minimum atomic E-state index is -3.37. The summed E-state index contributed by atoms with van der Waals surface area (Å²) in [5.74, 6) is 0. The van der Waals surface area contributed by atoms with E-state index in [0.29, 0.717) is 17.5 Å². The summed E-state index contributed by atoms with van der Waals surface area (Å²) in [6.45, 7) is 1.55. The number of rotatable bonds is 4. The van der Waals surface area contributed by atoms with Gasteiger partial charge in [0.25, 0.3) is 0 Å². The Balaban J connectivity index is 1.80. The molecule has 0 spiro atoms. The fraction of sp³-hybridized carbons (Fsp3) is 0.625. The average molecular weight is 308 g/mol. The first-order valence-electron chi connectivity index (χ1n) is 7.89. The fourth-order valence-electron chi connectivity index (χ4n) is 3.37. The molecule has 4 nitrogen and oxygen atoms in total. The summed E-state index contributed by atoms with van der Waals surface area (Å²) in [6.07, 6.45) is 6.66. The van der Waals surface area contributed by atoms with Crippen molar-refractivity contribution in [3.8, 4) is 0 Å². The van der Waals surface area contributed by atoms with Crippen LogP contribution >= 0.6 is 0 Å². The smallest absolute Gasteiger partial charge is 0.242 e. The molecule has 1 heterocycles. The standard InChI is InChI=1S/C16H24N2O2S/c1-18(12-15-7-4-10-17-15)21(19,20)16-9-8-13-5-2-3-6-14(13)11-16/h8-9,11,15,17H,2-7,10,12H2,1H3. The topological polar surface area (TPSA) is 49.4 Å². The molecule has 2 aliphatic rings.